The maximum absolute atomic E-state index is 12.2. The molecule has 1 atom stereocenters. The minimum atomic E-state index is -2.88. The van der Waals surface area contributed by atoms with Gasteiger partial charge in [0.05, 0.1) is 18.4 Å². The van der Waals surface area contributed by atoms with Crippen molar-refractivity contribution in [2.24, 2.45) is 0 Å². The number of benzene rings is 1. The average Bonchev–Trinajstić information content (AvgIpc) is 3.11. The topological polar surface area (TPSA) is 109 Å². The lowest BCUT2D eigenvalue weighted by molar-refractivity contribution is -0.142. The molecule has 29 heavy (non-hydrogen) atoms. The van der Waals surface area contributed by atoms with Crippen molar-refractivity contribution in [3.05, 3.63) is 48.2 Å². The van der Waals surface area contributed by atoms with Crippen molar-refractivity contribution in [1.82, 2.24) is 19.9 Å². The van der Waals surface area contributed by atoms with Crippen molar-refractivity contribution in [2.45, 2.75) is 26.6 Å². The standard InChI is InChI=1S/C19H18F2N6O2/c1-11(10-28-18(20)21)29-16-5-13(3-4-14(16)6-22)15-7-24-19(25-8-15)27-17-9-23-12(2)26-17/h3-5,7-9,11,18H,10H2,1-2H3,(H,23,26)(H,24,25,27). The first-order valence-corrected chi connectivity index (χ1v) is 8.66. The molecule has 1 aromatic carbocycles. The van der Waals surface area contributed by atoms with E-state index < -0.39 is 12.7 Å². The molecule has 0 bridgehead atoms. The summed E-state index contributed by atoms with van der Waals surface area (Å²) in [6.07, 6.45) is 4.21. The number of ether oxygens (including phenoxy) is 2. The minimum absolute atomic E-state index is 0.269. The Labute approximate surface area is 165 Å². The Morgan fingerprint density at radius 3 is 2.55 bits per heavy atom. The van der Waals surface area contributed by atoms with Gasteiger partial charge in [0.15, 0.2) is 0 Å². The predicted octanol–water partition coefficient (Wildman–Crippen LogP) is 3.80. The van der Waals surface area contributed by atoms with Gasteiger partial charge in [-0.15, -0.1) is 0 Å². The van der Waals surface area contributed by atoms with Crippen molar-refractivity contribution < 1.29 is 18.3 Å². The molecular weight excluding hydrogens is 382 g/mol. The van der Waals surface area contributed by atoms with Crippen molar-refractivity contribution >= 4 is 11.8 Å². The number of halogens is 2. The molecule has 3 aromatic rings. The molecule has 0 aliphatic carbocycles. The van der Waals surface area contributed by atoms with Crippen LogP contribution in [0.15, 0.2) is 36.8 Å². The molecule has 10 heteroatoms. The van der Waals surface area contributed by atoms with E-state index in [1.165, 1.54) is 0 Å². The van der Waals surface area contributed by atoms with Gasteiger partial charge in [-0.05, 0) is 31.5 Å². The summed E-state index contributed by atoms with van der Waals surface area (Å²) in [4.78, 5) is 15.6. The van der Waals surface area contributed by atoms with Crippen LogP contribution in [0.2, 0.25) is 0 Å². The normalized spacial score (nSPS) is 11.9. The van der Waals surface area contributed by atoms with Gasteiger partial charge in [0, 0.05) is 18.0 Å². The molecule has 3 rings (SSSR count). The SMILES string of the molecule is Cc1ncc(Nc2ncc(-c3ccc(C#N)c(OC(C)COC(F)F)c3)cn2)[nH]1. The van der Waals surface area contributed by atoms with Gasteiger partial charge < -0.3 is 19.8 Å². The lowest BCUT2D eigenvalue weighted by Crippen LogP contribution is -2.21. The number of nitrogens with one attached hydrogen (secondary N) is 2. The number of aryl methyl sites for hydroxylation is 1. The fourth-order valence-electron chi connectivity index (χ4n) is 2.50. The Bertz CT molecular complexity index is 1000. The second-order valence-electron chi connectivity index (χ2n) is 6.15. The number of nitrogens with zero attached hydrogens (tertiary/aromatic N) is 4. The maximum Gasteiger partial charge on any atom is 0.345 e. The highest BCUT2D eigenvalue weighted by Gasteiger charge is 2.13. The van der Waals surface area contributed by atoms with E-state index in [4.69, 9.17) is 4.74 Å². The molecule has 0 aliphatic heterocycles. The second-order valence-corrected chi connectivity index (χ2v) is 6.15. The highest BCUT2D eigenvalue weighted by molar-refractivity contribution is 5.66. The highest BCUT2D eigenvalue weighted by Crippen LogP contribution is 2.27. The molecule has 0 radical (unpaired) electrons. The largest absolute Gasteiger partial charge is 0.487 e. The Kier molecular flexibility index (Phi) is 6.31. The summed E-state index contributed by atoms with van der Waals surface area (Å²) < 4.78 is 34.2. The number of hydrogen-bond donors (Lipinski definition) is 2. The zero-order chi connectivity index (χ0) is 20.8. The van der Waals surface area contributed by atoms with E-state index in [1.807, 2.05) is 13.0 Å². The Balaban J connectivity index is 1.75. The van der Waals surface area contributed by atoms with Gasteiger partial charge in [0.1, 0.15) is 29.6 Å². The number of H-pyrrole nitrogens is 1. The molecule has 0 spiro atoms. The van der Waals surface area contributed by atoms with Crippen LogP contribution in [-0.4, -0.2) is 39.3 Å². The van der Waals surface area contributed by atoms with Crippen LogP contribution in [0.3, 0.4) is 0 Å². The number of hydrogen-bond acceptors (Lipinski definition) is 7. The van der Waals surface area contributed by atoms with Gasteiger partial charge in [-0.3, -0.25) is 0 Å². The number of alkyl halides is 2. The summed E-state index contributed by atoms with van der Waals surface area (Å²) in [5, 5.41) is 12.3. The van der Waals surface area contributed by atoms with Crippen molar-refractivity contribution in [1.29, 1.82) is 5.26 Å². The Morgan fingerprint density at radius 1 is 1.17 bits per heavy atom. The summed E-state index contributed by atoms with van der Waals surface area (Å²) in [5.74, 6) is 2.09. The second kappa shape index (κ2) is 9.07. The van der Waals surface area contributed by atoms with Gasteiger partial charge >= 0.3 is 6.61 Å². The van der Waals surface area contributed by atoms with Crippen LogP contribution < -0.4 is 10.1 Å². The fraction of sp³-hybridized carbons (Fsp3) is 0.263. The molecule has 0 saturated heterocycles. The molecule has 2 N–H and O–H groups in total. The summed E-state index contributed by atoms with van der Waals surface area (Å²) in [6, 6.07) is 6.98. The first kappa shape index (κ1) is 20.2. The van der Waals surface area contributed by atoms with E-state index >= 15 is 0 Å². The van der Waals surface area contributed by atoms with Gasteiger partial charge in [-0.2, -0.15) is 14.0 Å². The first-order valence-electron chi connectivity index (χ1n) is 8.66. The quantitative estimate of drug-likeness (QED) is 0.592. The molecule has 2 heterocycles. The Hall–Kier alpha value is -3.58. The van der Waals surface area contributed by atoms with E-state index in [2.05, 4.69) is 30.0 Å². The Morgan fingerprint density at radius 2 is 1.93 bits per heavy atom. The highest BCUT2D eigenvalue weighted by atomic mass is 19.3. The smallest absolute Gasteiger partial charge is 0.345 e. The van der Waals surface area contributed by atoms with Gasteiger partial charge in [-0.1, -0.05) is 6.07 Å². The van der Waals surface area contributed by atoms with Crippen molar-refractivity contribution in [3.63, 3.8) is 0 Å². The first-order chi connectivity index (χ1) is 13.9. The number of imidazole rings is 1. The van der Waals surface area contributed by atoms with E-state index in [1.54, 1.807) is 43.7 Å². The summed E-state index contributed by atoms with van der Waals surface area (Å²) in [6.45, 7) is 0.234. The minimum Gasteiger partial charge on any atom is -0.487 e. The predicted molar refractivity (Wildman–Crippen MR) is 101 cm³/mol. The van der Waals surface area contributed by atoms with Crippen LogP contribution in [-0.2, 0) is 4.74 Å². The third-order valence-corrected chi connectivity index (χ3v) is 3.82. The fourth-order valence-corrected chi connectivity index (χ4v) is 2.50. The van der Waals surface area contributed by atoms with E-state index in [0.717, 1.165) is 5.82 Å². The molecule has 0 amide bonds. The number of aromatic nitrogens is 4. The van der Waals surface area contributed by atoms with Crippen LogP contribution in [0, 0.1) is 18.3 Å². The zero-order valence-electron chi connectivity index (χ0n) is 15.7. The van der Waals surface area contributed by atoms with Crippen LogP contribution in [0.5, 0.6) is 5.75 Å². The lowest BCUT2D eigenvalue weighted by atomic mass is 10.1. The lowest BCUT2D eigenvalue weighted by Gasteiger charge is -2.16. The van der Waals surface area contributed by atoms with Crippen molar-refractivity contribution in [3.8, 4) is 22.9 Å². The number of aromatic amines is 1. The molecule has 8 nitrogen and oxygen atoms in total. The third-order valence-electron chi connectivity index (χ3n) is 3.82. The van der Waals surface area contributed by atoms with Crippen molar-refractivity contribution in [2.75, 3.05) is 11.9 Å². The van der Waals surface area contributed by atoms with E-state index in [-0.39, 0.29) is 17.9 Å². The van der Waals surface area contributed by atoms with Crippen LogP contribution in [0.1, 0.15) is 18.3 Å². The van der Waals surface area contributed by atoms with Crippen LogP contribution in [0.4, 0.5) is 20.5 Å². The summed E-state index contributed by atoms with van der Waals surface area (Å²) in [7, 11) is 0. The summed E-state index contributed by atoms with van der Waals surface area (Å²) in [5.41, 5.74) is 1.69. The third kappa shape index (κ3) is 5.46. The van der Waals surface area contributed by atoms with E-state index in [9.17, 15) is 14.0 Å². The van der Waals surface area contributed by atoms with Gasteiger partial charge in [-0.25, -0.2) is 15.0 Å². The van der Waals surface area contributed by atoms with Gasteiger partial charge in [0.25, 0.3) is 0 Å². The molecule has 1 unspecified atom stereocenters. The molecule has 0 aliphatic rings. The monoisotopic (exact) mass is 400 g/mol. The zero-order valence-corrected chi connectivity index (χ0v) is 15.7. The number of nitriles is 1. The molecule has 0 fully saturated rings. The van der Waals surface area contributed by atoms with E-state index in [0.29, 0.717) is 22.9 Å². The number of rotatable bonds is 8. The molecule has 0 saturated carbocycles. The van der Waals surface area contributed by atoms with Crippen LogP contribution >= 0.6 is 0 Å². The summed E-state index contributed by atoms with van der Waals surface area (Å²) >= 11 is 0. The molecular formula is C19H18F2N6O2. The molecule has 2 aromatic heterocycles. The molecule has 150 valence electrons. The maximum atomic E-state index is 12.2. The number of anilines is 2. The van der Waals surface area contributed by atoms with Crippen LogP contribution in [0.25, 0.3) is 11.1 Å². The van der Waals surface area contributed by atoms with Gasteiger partial charge in [0.2, 0.25) is 5.95 Å². The average molecular weight is 400 g/mol.